The average Bonchev–Trinajstić information content (AvgIpc) is 2.30. The topological polar surface area (TPSA) is 93.0 Å². The molecule has 1 heterocycles. The minimum atomic E-state index is -0.989. The fourth-order valence-electron chi connectivity index (χ4n) is 1.27. The van der Waals surface area contributed by atoms with Crippen LogP contribution < -0.4 is 5.32 Å². The van der Waals surface area contributed by atoms with E-state index in [1.807, 2.05) is 0 Å². The van der Waals surface area contributed by atoms with Crippen LogP contribution in [0.15, 0.2) is 0 Å². The quantitative estimate of drug-likeness (QED) is 0.300. The zero-order chi connectivity index (χ0) is 8.43. The molecule has 0 amide bonds. The van der Waals surface area contributed by atoms with Crippen molar-refractivity contribution < 1.29 is 20.4 Å². The van der Waals surface area contributed by atoms with E-state index in [9.17, 15) is 10.2 Å². The summed E-state index contributed by atoms with van der Waals surface area (Å²) in [5.41, 5.74) is 0. The van der Waals surface area contributed by atoms with Gasteiger partial charge in [-0.15, -0.1) is 0 Å². The second-order valence-corrected chi connectivity index (χ2v) is 2.73. The number of hydrogen-bond acceptors (Lipinski definition) is 5. The summed E-state index contributed by atoms with van der Waals surface area (Å²) < 4.78 is 0. The van der Waals surface area contributed by atoms with Gasteiger partial charge in [0, 0.05) is 0 Å². The third-order valence-corrected chi connectivity index (χ3v) is 2.00. The molecule has 0 unspecified atom stereocenters. The third kappa shape index (κ3) is 1.52. The molecule has 11 heavy (non-hydrogen) atoms. The standard InChI is InChI=1S/C6H13NO4/c8-1-3-5(10)6(11)4(2-9)7-3/h3-11H,1-2H2/t3-,4+,5-,6+. The van der Waals surface area contributed by atoms with Gasteiger partial charge in [-0.25, -0.2) is 0 Å². The van der Waals surface area contributed by atoms with Gasteiger partial charge in [0.25, 0.3) is 0 Å². The zero-order valence-electron chi connectivity index (χ0n) is 6.01. The van der Waals surface area contributed by atoms with Crippen LogP contribution in [0.25, 0.3) is 0 Å². The molecule has 0 aliphatic carbocycles. The van der Waals surface area contributed by atoms with Gasteiger partial charge in [-0.2, -0.15) is 0 Å². The van der Waals surface area contributed by atoms with Crippen molar-refractivity contribution in [2.45, 2.75) is 24.3 Å². The summed E-state index contributed by atoms with van der Waals surface area (Å²) in [5, 5.41) is 38.3. The zero-order valence-corrected chi connectivity index (χ0v) is 6.01. The van der Waals surface area contributed by atoms with Gasteiger partial charge in [-0.05, 0) is 0 Å². The first-order valence-corrected chi connectivity index (χ1v) is 3.54. The lowest BCUT2D eigenvalue weighted by Gasteiger charge is -2.12. The minimum Gasteiger partial charge on any atom is -0.395 e. The van der Waals surface area contributed by atoms with Crippen LogP contribution in [0.4, 0.5) is 0 Å². The minimum absolute atomic E-state index is 0.241. The SMILES string of the molecule is OC[C@@H]1N[C@H](CO)[C@@H](O)[C@H]1O. The molecule has 0 aromatic heterocycles. The molecule has 1 saturated heterocycles. The fraction of sp³-hybridized carbons (Fsp3) is 1.00. The molecule has 1 rings (SSSR count). The fourth-order valence-corrected chi connectivity index (χ4v) is 1.27. The van der Waals surface area contributed by atoms with Gasteiger partial charge < -0.3 is 25.7 Å². The number of nitrogens with one attached hydrogen (secondary N) is 1. The second-order valence-electron chi connectivity index (χ2n) is 2.73. The molecular weight excluding hydrogens is 150 g/mol. The average molecular weight is 163 g/mol. The van der Waals surface area contributed by atoms with E-state index in [2.05, 4.69) is 5.32 Å². The monoisotopic (exact) mass is 163 g/mol. The van der Waals surface area contributed by atoms with Crippen LogP contribution in [0.2, 0.25) is 0 Å². The molecule has 5 heteroatoms. The molecule has 1 fully saturated rings. The predicted molar refractivity (Wildman–Crippen MR) is 36.9 cm³/mol. The van der Waals surface area contributed by atoms with Crippen LogP contribution in [0.3, 0.4) is 0 Å². The van der Waals surface area contributed by atoms with Crippen molar-refractivity contribution in [2.75, 3.05) is 13.2 Å². The largest absolute Gasteiger partial charge is 0.395 e. The Morgan fingerprint density at radius 1 is 0.909 bits per heavy atom. The summed E-state index contributed by atoms with van der Waals surface area (Å²) in [6.45, 7) is -0.483. The van der Waals surface area contributed by atoms with Gasteiger partial charge in [0.2, 0.25) is 0 Å². The van der Waals surface area contributed by atoms with Crippen molar-refractivity contribution in [1.82, 2.24) is 5.32 Å². The van der Waals surface area contributed by atoms with Crippen LogP contribution >= 0.6 is 0 Å². The Morgan fingerprint density at radius 2 is 1.27 bits per heavy atom. The van der Waals surface area contributed by atoms with E-state index >= 15 is 0 Å². The van der Waals surface area contributed by atoms with Crippen molar-refractivity contribution in [2.24, 2.45) is 0 Å². The highest BCUT2D eigenvalue weighted by molar-refractivity contribution is 4.97. The Labute approximate surface area is 64.3 Å². The van der Waals surface area contributed by atoms with Crippen LogP contribution in [0.5, 0.6) is 0 Å². The van der Waals surface area contributed by atoms with E-state index in [-0.39, 0.29) is 13.2 Å². The van der Waals surface area contributed by atoms with E-state index in [1.54, 1.807) is 0 Å². The lowest BCUT2D eigenvalue weighted by Crippen LogP contribution is -2.37. The van der Waals surface area contributed by atoms with E-state index in [0.717, 1.165) is 0 Å². The molecule has 0 spiro atoms. The summed E-state index contributed by atoms with van der Waals surface area (Å²) in [5.74, 6) is 0. The van der Waals surface area contributed by atoms with Gasteiger partial charge in [-0.3, -0.25) is 0 Å². The second kappa shape index (κ2) is 3.46. The molecule has 0 saturated carbocycles. The highest BCUT2D eigenvalue weighted by Crippen LogP contribution is 2.13. The summed E-state index contributed by atoms with van der Waals surface area (Å²) in [4.78, 5) is 0. The van der Waals surface area contributed by atoms with E-state index in [0.29, 0.717) is 0 Å². The lowest BCUT2D eigenvalue weighted by atomic mass is 10.1. The maximum atomic E-state index is 9.18. The normalized spacial score (nSPS) is 44.7. The van der Waals surface area contributed by atoms with Crippen molar-refractivity contribution in [3.8, 4) is 0 Å². The molecule has 1 aliphatic heterocycles. The molecule has 0 aromatic carbocycles. The first-order chi connectivity index (χ1) is 5.20. The Bertz CT molecular complexity index is 114. The van der Waals surface area contributed by atoms with Crippen LogP contribution in [-0.2, 0) is 0 Å². The number of rotatable bonds is 2. The Balaban J connectivity index is 2.53. The van der Waals surface area contributed by atoms with Gasteiger partial charge in [0.05, 0.1) is 37.5 Å². The Hall–Kier alpha value is -0.200. The predicted octanol–water partition coefficient (Wildman–Crippen LogP) is -2.97. The van der Waals surface area contributed by atoms with Crippen molar-refractivity contribution in [3.63, 3.8) is 0 Å². The highest BCUT2D eigenvalue weighted by atomic mass is 16.3. The van der Waals surface area contributed by atoms with Crippen molar-refractivity contribution in [1.29, 1.82) is 0 Å². The summed E-state index contributed by atoms with van der Waals surface area (Å²) >= 11 is 0. The molecular formula is C6H13NO4. The molecule has 0 radical (unpaired) electrons. The molecule has 0 aromatic rings. The van der Waals surface area contributed by atoms with Gasteiger partial charge in [0.1, 0.15) is 0 Å². The lowest BCUT2D eigenvalue weighted by molar-refractivity contribution is 0.0130. The molecule has 5 N–H and O–H groups in total. The molecule has 4 atom stereocenters. The Kier molecular flexibility index (Phi) is 2.80. The first-order valence-electron chi connectivity index (χ1n) is 3.54. The van der Waals surface area contributed by atoms with Crippen molar-refractivity contribution in [3.05, 3.63) is 0 Å². The number of aliphatic hydroxyl groups excluding tert-OH is 4. The van der Waals surface area contributed by atoms with E-state index < -0.39 is 24.3 Å². The van der Waals surface area contributed by atoms with Crippen LogP contribution in [0.1, 0.15) is 0 Å². The summed E-state index contributed by atoms with van der Waals surface area (Å²) in [6, 6.07) is -1.05. The van der Waals surface area contributed by atoms with Crippen LogP contribution in [0, 0.1) is 0 Å². The smallest absolute Gasteiger partial charge is 0.0990 e. The molecule has 5 nitrogen and oxygen atoms in total. The molecule has 0 bridgehead atoms. The van der Waals surface area contributed by atoms with Crippen molar-refractivity contribution >= 4 is 0 Å². The van der Waals surface area contributed by atoms with Gasteiger partial charge >= 0.3 is 0 Å². The van der Waals surface area contributed by atoms with Gasteiger partial charge in [-0.1, -0.05) is 0 Å². The number of hydrogen-bond donors (Lipinski definition) is 5. The molecule has 1 aliphatic rings. The summed E-state index contributed by atoms with van der Waals surface area (Å²) in [6.07, 6.45) is -1.98. The third-order valence-electron chi connectivity index (χ3n) is 2.00. The van der Waals surface area contributed by atoms with Crippen LogP contribution in [-0.4, -0.2) is 57.9 Å². The van der Waals surface area contributed by atoms with E-state index in [4.69, 9.17) is 10.2 Å². The van der Waals surface area contributed by atoms with E-state index in [1.165, 1.54) is 0 Å². The maximum Gasteiger partial charge on any atom is 0.0990 e. The Morgan fingerprint density at radius 3 is 1.45 bits per heavy atom. The molecule has 66 valence electrons. The highest BCUT2D eigenvalue weighted by Gasteiger charge is 2.39. The van der Waals surface area contributed by atoms with Gasteiger partial charge in [0.15, 0.2) is 0 Å². The first kappa shape index (κ1) is 8.89. The number of aliphatic hydroxyl groups is 4. The summed E-state index contributed by atoms with van der Waals surface area (Å²) in [7, 11) is 0. The maximum absolute atomic E-state index is 9.18.